The highest BCUT2D eigenvalue weighted by molar-refractivity contribution is 6.01. The van der Waals surface area contributed by atoms with Crippen LogP contribution in [0.1, 0.15) is 6.42 Å². The fourth-order valence-electron chi connectivity index (χ4n) is 3.09. The van der Waals surface area contributed by atoms with Crippen molar-refractivity contribution in [1.82, 2.24) is 0 Å². The Morgan fingerprint density at radius 1 is 1.13 bits per heavy atom. The number of nitrogens with zero attached hydrogens (tertiary/aromatic N) is 1. The highest BCUT2D eigenvalue weighted by atomic mass is 19.1. The van der Waals surface area contributed by atoms with Gasteiger partial charge in [0.15, 0.2) is 6.61 Å². The third-order valence-electron chi connectivity index (χ3n) is 4.61. The number of amides is 2. The number of benzene rings is 2. The van der Waals surface area contributed by atoms with Crippen molar-refractivity contribution in [3.8, 4) is 11.5 Å². The first kappa shape index (κ1) is 21.1. The molecule has 1 saturated heterocycles. The molecule has 0 aromatic heterocycles. The summed E-state index contributed by atoms with van der Waals surface area (Å²) in [7, 11) is 2.99. The molecule has 158 valence electrons. The molecule has 2 aromatic carbocycles. The number of nitrogens with one attached hydrogen (secondary N) is 1. The van der Waals surface area contributed by atoms with Gasteiger partial charge in [-0.3, -0.25) is 14.4 Å². The van der Waals surface area contributed by atoms with Crippen molar-refractivity contribution < 1.29 is 33.0 Å². The monoisotopic (exact) mass is 416 g/mol. The quantitative estimate of drug-likeness (QED) is 0.697. The Bertz CT molecular complexity index is 947. The van der Waals surface area contributed by atoms with Crippen LogP contribution in [0, 0.1) is 11.7 Å². The number of methoxy groups -OCH3 is 2. The van der Waals surface area contributed by atoms with Gasteiger partial charge >= 0.3 is 5.97 Å². The van der Waals surface area contributed by atoms with E-state index in [-0.39, 0.29) is 18.9 Å². The summed E-state index contributed by atoms with van der Waals surface area (Å²) in [5.74, 6) is -1.61. The summed E-state index contributed by atoms with van der Waals surface area (Å²) in [6, 6.07) is 10.2. The van der Waals surface area contributed by atoms with E-state index < -0.39 is 30.2 Å². The van der Waals surface area contributed by atoms with Crippen molar-refractivity contribution in [3.63, 3.8) is 0 Å². The number of hydrogen-bond donors (Lipinski definition) is 1. The number of carbonyl (C=O) groups excluding carboxylic acids is 3. The molecule has 0 aliphatic carbocycles. The number of hydrogen-bond acceptors (Lipinski definition) is 6. The summed E-state index contributed by atoms with van der Waals surface area (Å²) >= 11 is 0. The number of carbonyl (C=O) groups is 3. The Hall–Kier alpha value is -3.62. The van der Waals surface area contributed by atoms with Crippen molar-refractivity contribution in [2.75, 3.05) is 37.6 Å². The molecule has 8 nitrogen and oxygen atoms in total. The summed E-state index contributed by atoms with van der Waals surface area (Å²) in [5, 5.41) is 2.50. The van der Waals surface area contributed by atoms with Gasteiger partial charge in [0, 0.05) is 24.7 Å². The van der Waals surface area contributed by atoms with Crippen LogP contribution in [0.3, 0.4) is 0 Å². The van der Waals surface area contributed by atoms with Crippen LogP contribution in [0.25, 0.3) is 0 Å². The molecule has 1 atom stereocenters. The van der Waals surface area contributed by atoms with Crippen LogP contribution in [0.5, 0.6) is 11.5 Å². The lowest BCUT2D eigenvalue weighted by atomic mass is 10.1. The minimum atomic E-state index is -0.716. The molecule has 1 heterocycles. The predicted octanol–water partition coefficient (Wildman–Crippen LogP) is 2.38. The zero-order valence-corrected chi connectivity index (χ0v) is 16.5. The summed E-state index contributed by atoms with van der Waals surface area (Å²) in [6.45, 7) is -0.413. The first-order valence-electron chi connectivity index (χ1n) is 9.15. The van der Waals surface area contributed by atoms with Crippen LogP contribution in [0.15, 0.2) is 42.5 Å². The zero-order valence-electron chi connectivity index (χ0n) is 16.5. The first-order valence-corrected chi connectivity index (χ1v) is 9.15. The van der Waals surface area contributed by atoms with Crippen molar-refractivity contribution in [1.29, 1.82) is 0 Å². The van der Waals surface area contributed by atoms with Crippen LogP contribution in [-0.4, -0.2) is 45.2 Å². The van der Waals surface area contributed by atoms with Crippen LogP contribution in [0.4, 0.5) is 15.8 Å². The lowest BCUT2D eigenvalue weighted by Crippen LogP contribution is -2.28. The maximum absolute atomic E-state index is 12.9. The van der Waals surface area contributed by atoms with Gasteiger partial charge in [-0.15, -0.1) is 0 Å². The van der Waals surface area contributed by atoms with Crippen molar-refractivity contribution in [2.45, 2.75) is 6.42 Å². The molecule has 30 heavy (non-hydrogen) atoms. The van der Waals surface area contributed by atoms with Gasteiger partial charge in [-0.1, -0.05) is 0 Å². The zero-order chi connectivity index (χ0) is 21.7. The summed E-state index contributed by atoms with van der Waals surface area (Å²) in [4.78, 5) is 38.2. The minimum Gasteiger partial charge on any atom is -0.497 e. The minimum absolute atomic E-state index is 0.0429. The predicted molar refractivity (Wildman–Crippen MR) is 106 cm³/mol. The number of anilines is 2. The summed E-state index contributed by atoms with van der Waals surface area (Å²) in [6.07, 6.45) is -0.0429. The van der Waals surface area contributed by atoms with Gasteiger partial charge in [-0.05, 0) is 36.4 Å². The number of halogens is 1. The van der Waals surface area contributed by atoms with Crippen molar-refractivity contribution in [2.24, 2.45) is 5.92 Å². The second kappa shape index (κ2) is 9.25. The number of esters is 1. The van der Waals surface area contributed by atoms with Crippen LogP contribution in [0.2, 0.25) is 0 Å². The first-order chi connectivity index (χ1) is 14.4. The maximum atomic E-state index is 12.9. The second-order valence-electron chi connectivity index (χ2n) is 6.61. The summed E-state index contributed by atoms with van der Waals surface area (Å²) in [5.41, 5.74) is 0.871. The average Bonchev–Trinajstić information content (AvgIpc) is 3.14. The Morgan fingerprint density at radius 3 is 2.53 bits per heavy atom. The molecule has 0 radical (unpaired) electrons. The van der Waals surface area contributed by atoms with Crippen LogP contribution >= 0.6 is 0 Å². The lowest BCUT2D eigenvalue weighted by Gasteiger charge is -2.20. The molecular weight excluding hydrogens is 395 g/mol. The normalized spacial score (nSPS) is 15.6. The molecule has 0 saturated carbocycles. The molecule has 9 heteroatoms. The molecule has 1 N–H and O–H groups in total. The van der Waals surface area contributed by atoms with Gasteiger partial charge in [0.1, 0.15) is 17.3 Å². The van der Waals surface area contributed by atoms with Gasteiger partial charge in [-0.25, -0.2) is 4.39 Å². The van der Waals surface area contributed by atoms with Crippen molar-refractivity contribution >= 4 is 29.2 Å². The van der Waals surface area contributed by atoms with E-state index in [0.29, 0.717) is 22.9 Å². The van der Waals surface area contributed by atoms with Gasteiger partial charge in [0.05, 0.1) is 25.8 Å². The Morgan fingerprint density at radius 2 is 1.87 bits per heavy atom. The molecule has 2 amide bonds. The number of rotatable bonds is 7. The second-order valence-corrected chi connectivity index (χ2v) is 6.61. The number of ether oxygens (including phenoxy) is 3. The highest BCUT2D eigenvalue weighted by Gasteiger charge is 2.37. The topological polar surface area (TPSA) is 94.2 Å². The van der Waals surface area contributed by atoms with E-state index in [9.17, 15) is 18.8 Å². The van der Waals surface area contributed by atoms with Gasteiger partial charge < -0.3 is 24.4 Å². The molecule has 1 fully saturated rings. The Kier molecular flexibility index (Phi) is 6.51. The molecule has 0 bridgehead atoms. The fraction of sp³-hybridized carbons (Fsp3) is 0.286. The van der Waals surface area contributed by atoms with Crippen LogP contribution < -0.4 is 19.7 Å². The molecule has 3 rings (SSSR count). The molecule has 0 unspecified atom stereocenters. The lowest BCUT2D eigenvalue weighted by molar-refractivity contribution is -0.151. The Labute approximate surface area is 172 Å². The van der Waals surface area contributed by atoms with E-state index in [1.54, 1.807) is 18.2 Å². The molecule has 0 spiro atoms. The van der Waals surface area contributed by atoms with Crippen molar-refractivity contribution in [3.05, 3.63) is 48.3 Å². The Balaban J connectivity index is 1.58. The standard InChI is InChI=1S/C21H21FN2O6/c1-28-16-7-8-18(29-2)17(10-16)24-11-13(9-20(24)26)21(27)30-12-19(25)23-15-5-3-14(22)4-6-15/h3-8,10,13H,9,11-12H2,1-2H3,(H,23,25)/t13-/m1/s1. The average molecular weight is 416 g/mol. The largest absolute Gasteiger partial charge is 0.497 e. The van der Waals surface area contributed by atoms with E-state index in [2.05, 4.69) is 5.32 Å². The smallest absolute Gasteiger partial charge is 0.311 e. The maximum Gasteiger partial charge on any atom is 0.311 e. The van der Waals surface area contributed by atoms with E-state index in [4.69, 9.17) is 14.2 Å². The van der Waals surface area contributed by atoms with E-state index in [1.807, 2.05) is 0 Å². The van der Waals surface area contributed by atoms with E-state index in [0.717, 1.165) is 0 Å². The third-order valence-corrected chi connectivity index (χ3v) is 4.61. The summed E-state index contributed by atoms with van der Waals surface area (Å²) < 4.78 is 28.5. The fourth-order valence-corrected chi connectivity index (χ4v) is 3.09. The third kappa shape index (κ3) is 4.86. The van der Waals surface area contributed by atoms with E-state index in [1.165, 1.54) is 43.4 Å². The van der Waals surface area contributed by atoms with Gasteiger partial charge in [0.2, 0.25) is 5.91 Å². The van der Waals surface area contributed by atoms with Crippen LogP contribution in [-0.2, 0) is 19.1 Å². The molecule has 2 aromatic rings. The highest BCUT2D eigenvalue weighted by Crippen LogP contribution is 2.36. The van der Waals surface area contributed by atoms with E-state index >= 15 is 0 Å². The molecule has 1 aliphatic rings. The van der Waals surface area contributed by atoms with Gasteiger partial charge in [-0.2, -0.15) is 0 Å². The molecule has 1 aliphatic heterocycles. The van der Waals surface area contributed by atoms with Gasteiger partial charge in [0.25, 0.3) is 5.91 Å². The molecular formula is C21H21FN2O6. The SMILES string of the molecule is COc1ccc(OC)c(N2C[C@H](C(=O)OCC(=O)Nc3ccc(F)cc3)CC2=O)c1.